The average Bonchev–Trinajstić information content (AvgIpc) is 3.25. The summed E-state index contributed by atoms with van der Waals surface area (Å²) in [5, 5.41) is 8.28. The molecule has 0 aliphatic carbocycles. The number of hydrogen-bond donors (Lipinski definition) is 2. The fourth-order valence-corrected chi connectivity index (χ4v) is 2.64. The van der Waals surface area contributed by atoms with Gasteiger partial charge in [0, 0.05) is 24.0 Å². The van der Waals surface area contributed by atoms with E-state index in [1.165, 1.54) is 0 Å². The number of rotatable bonds is 2. The monoisotopic (exact) mass is 314 g/mol. The van der Waals surface area contributed by atoms with Gasteiger partial charge in [0.2, 0.25) is 0 Å². The summed E-state index contributed by atoms with van der Waals surface area (Å²) in [5.41, 5.74) is 4.72. The molecule has 0 saturated carbocycles. The minimum absolute atomic E-state index is 0.681. The van der Waals surface area contributed by atoms with Crippen molar-refractivity contribution in [2.75, 3.05) is 0 Å². The molecule has 24 heavy (non-hydrogen) atoms. The van der Waals surface area contributed by atoms with Gasteiger partial charge in [0.05, 0.1) is 40.8 Å². The molecular formula is C16H10N8. The highest BCUT2D eigenvalue weighted by Crippen LogP contribution is 2.27. The Hall–Kier alpha value is -3.68. The molecule has 0 spiro atoms. The van der Waals surface area contributed by atoms with Crippen molar-refractivity contribution in [2.24, 2.45) is 0 Å². The van der Waals surface area contributed by atoms with Gasteiger partial charge in [0.25, 0.3) is 0 Å². The molecule has 8 nitrogen and oxygen atoms in total. The number of pyridine rings is 2. The number of imidazole rings is 1. The van der Waals surface area contributed by atoms with Crippen LogP contribution in [0.3, 0.4) is 0 Å². The van der Waals surface area contributed by atoms with Gasteiger partial charge in [-0.25, -0.2) is 4.98 Å². The van der Waals surface area contributed by atoms with Crippen LogP contribution in [0.2, 0.25) is 0 Å². The molecule has 5 heterocycles. The van der Waals surface area contributed by atoms with Crippen LogP contribution in [0.1, 0.15) is 0 Å². The fraction of sp³-hybridized carbons (Fsp3) is 0. The van der Waals surface area contributed by atoms with Crippen molar-refractivity contribution in [3.63, 3.8) is 0 Å². The third-order valence-electron chi connectivity index (χ3n) is 3.78. The first-order valence-electron chi connectivity index (χ1n) is 7.29. The summed E-state index contributed by atoms with van der Waals surface area (Å²) in [6.07, 6.45) is 10.2. The minimum Gasteiger partial charge on any atom is -0.335 e. The summed E-state index contributed by atoms with van der Waals surface area (Å²) in [7, 11) is 0. The Bertz CT molecular complexity index is 1130. The average molecular weight is 314 g/mol. The first-order valence-corrected chi connectivity index (χ1v) is 7.29. The summed E-state index contributed by atoms with van der Waals surface area (Å²) in [5.74, 6) is 0.681. The predicted octanol–water partition coefficient (Wildman–Crippen LogP) is 2.35. The van der Waals surface area contributed by atoms with Gasteiger partial charge in [-0.15, -0.1) is 0 Å². The van der Waals surface area contributed by atoms with E-state index in [4.69, 9.17) is 0 Å². The van der Waals surface area contributed by atoms with Gasteiger partial charge in [-0.3, -0.25) is 25.0 Å². The van der Waals surface area contributed by atoms with E-state index in [9.17, 15) is 0 Å². The predicted molar refractivity (Wildman–Crippen MR) is 87.8 cm³/mol. The van der Waals surface area contributed by atoms with Gasteiger partial charge in [0.1, 0.15) is 11.4 Å². The number of H-pyrrole nitrogens is 2. The van der Waals surface area contributed by atoms with E-state index in [-0.39, 0.29) is 0 Å². The summed E-state index contributed by atoms with van der Waals surface area (Å²) in [6, 6.07) is 3.79. The lowest BCUT2D eigenvalue weighted by Crippen LogP contribution is -1.88. The van der Waals surface area contributed by atoms with E-state index in [0.717, 1.165) is 33.3 Å². The van der Waals surface area contributed by atoms with Crippen molar-refractivity contribution in [1.29, 1.82) is 0 Å². The van der Waals surface area contributed by atoms with Gasteiger partial charge in [0.15, 0.2) is 5.82 Å². The fourth-order valence-electron chi connectivity index (χ4n) is 2.64. The molecule has 0 saturated heterocycles. The van der Waals surface area contributed by atoms with E-state index in [1.807, 2.05) is 12.1 Å². The van der Waals surface area contributed by atoms with Crippen molar-refractivity contribution in [1.82, 2.24) is 40.1 Å². The molecule has 0 aromatic carbocycles. The second-order valence-corrected chi connectivity index (χ2v) is 5.26. The van der Waals surface area contributed by atoms with Crippen molar-refractivity contribution in [3.8, 4) is 22.9 Å². The zero-order valence-electron chi connectivity index (χ0n) is 12.3. The van der Waals surface area contributed by atoms with Crippen molar-refractivity contribution in [2.45, 2.75) is 0 Å². The number of aromatic amines is 2. The lowest BCUT2D eigenvalue weighted by Gasteiger charge is -1.99. The maximum absolute atomic E-state index is 4.58. The Morgan fingerprint density at radius 2 is 1.79 bits per heavy atom. The number of nitrogens with one attached hydrogen (secondary N) is 2. The molecule has 114 valence electrons. The molecule has 5 aromatic heterocycles. The van der Waals surface area contributed by atoms with Gasteiger partial charge in [-0.2, -0.15) is 5.10 Å². The second-order valence-electron chi connectivity index (χ2n) is 5.26. The number of fused-ring (bicyclic) bond motifs is 2. The highest BCUT2D eigenvalue weighted by atomic mass is 15.1. The van der Waals surface area contributed by atoms with E-state index in [2.05, 4.69) is 40.1 Å². The van der Waals surface area contributed by atoms with Crippen molar-refractivity contribution in [3.05, 3.63) is 49.3 Å². The van der Waals surface area contributed by atoms with Crippen LogP contribution in [0.15, 0.2) is 49.3 Å². The normalized spacial score (nSPS) is 11.3. The molecule has 5 rings (SSSR count). The number of nitrogens with zero attached hydrogens (tertiary/aromatic N) is 6. The van der Waals surface area contributed by atoms with Crippen LogP contribution in [0.4, 0.5) is 0 Å². The number of hydrogen-bond acceptors (Lipinski definition) is 6. The Labute approximate surface area is 135 Å². The molecule has 0 aliphatic rings. The van der Waals surface area contributed by atoms with E-state index < -0.39 is 0 Å². The minimum atomic E-state index is 0.681. The number of aromatic nitrogens is 8. The molecule has 0 atom stereocenters. The molecule has 0 bridgehead atoms. The van der Waals surface area contributed by atoms with E-state index in [1.54, 1.807) is 37.2 Å². The Balaban J connectivity index is 1.71. The maximum Gasteiger partial charge on any atom is 0.159 e. The SMILES string of the molecule is c1cnc(-c2cc3c(-c4nc5ccncc5[nH]4)n[nH]c3cn2)cn1. The zero-order valence-corrected chi connectivity index (χ0v) is 12.3. The topological polar surface area (TPSA) is 109 Å². The second kappa shape index (κ2) is 4.92. The van der Waals surface area contributed by atoms with Crippen LogP contribution in [0.5, 0.6) is 0 Å². The molecule has 0 radical (unpaired) electrons. The first-order chi connectivity index (χ1) is 11.9. The Morgan fingerprint density at radius 3 is 2.67 bits per heavy atom. The molecule has 8 heteroatoms. The molecular weight excluding hydrogens is 304 g/mol. The molecule has 0 amide bonds. The highest BCUT2D eigenvalue weighted by molar-refractivity contribution is 5.94. The van der Waals surface area contributed by atoms with Crippen molar-refractivity contribution < 1.29 is 0 Å². The van der Waals surface area contributed by atoms with E-state index in [0.29, 0.717) is 11.5 Å². The lowest BCUT2D eigenvalue weighted by atomic mass is 10.2. The standard InChI is InChI=1S/C16H10N8/c1-2-17-7-14-10(1)21-16(22-14)15-9-5-11(13-6-18-3-4-19-13)20-8-12(9)23-24-15/h1-8H,(H,21,22)(H,23,24). The smallest absolute Gasteiger partial charge is 0.159 e. The highest BCUT2D eigenvalue weighted by Gasteiger charge is 2.14. The van der Waals surface area contributed by atoms with Crippen molar-refractivity contribution >= 4 is 21.9 Å². The van der Waals surface area contributed by atoms with Crippen LogP contribution in [0, 0.1) is 0 Å². The van der Waals surface area contributed by atoms with Crippen LogP contribution < -0.4 is 0 Å². The van der Waals surface area contributed by atoms with Crippen LogP contribution >= 0.6 is 0 Å². The Kier molecular flexibility index (Phi) is 2.63. The van der Waals surface area contributed by atoms with Crippen LogP contribution in [-0.4, -0.2) is 40.1 Å². The summed E-state index contributed by atoms with van der Waals surface area (Å²) < 4.78 is 0. The third kappa shape index (κ3) is 1.93. The molecule has 0 aliphatic heterocycles. The molecule has 0 fully saturated rings. The summed E-state index contributed by atoms with van der Waals surface area (Å²) in [6.45, 7) is 0. The third-order valence-corrected chi connectivity index (χ3v) is 3.78. The summed E-state index contributed by atoms with van der Waals surface area (Å²) >= 11 is 0. The molecule has 2 N–H and O–H groups in total. The van der Waals surface area contributed by atoms with Gasteiger partial charge < -0.3 is 4.98 Å². The first kappa shape index (κ1) is 12.8. The molecule has 5 aromatic rings. The maximum atomic E-state index is 4.58. The summed E-state index contributed by atoms with van der Waals surface area (Å²) in [4.78, 5) is 24.7. The van der Waals surface area contributed by atoms with Gasteiger partial charge >= 0.3 is 0 Å². The van der Waals surface area contributed by atoms with Gasteiger partial charge in [-0.1, -0.05) is 0 Å². The van der Waals surface area contributed by atoms with Crippen LogP contribution in [-0.2, 0) is 0 Å². The lowest BCUT2D eigenvalue weighted by molar-refractivity contribution is 1.10. The largest absolute Gasteiger partial charge is 0.335 e. The van der Waals surface area contributed by atoms with E-state index >= 15 is 0 Å². The quantitative estimate of drug-likeness (QED) is 0.517. The Morgan fingerprint density at radius 1 is 0.833 bits per heavy atom. The molecule has 0 unspecified atom stereocenters. The van der Waals surface area contributed by atoms with Crippen LogP contribution in [0.25, 0.3) is 44.8 Å². The zero-order chi connectivity index (χ0) is 15.9. The van der Waals surface area contributed by atoms with Gasteiger partial charge in [-0.05, 0) is 12.1 Å².